The third-order valence-electron chi connectivity index (χ3n) is 5.38. The molecule has 2 aromatic heterocycles. The number of thioether (sulfide) groups is 1. The lowest BCUT2D eigenvalue weighted by Gasteiger charge is -2.05. The van der Waals surface area contributed by atoms with Crippen LogP contribution in [0, 0.1) is 0 Å². The molecule has 0 amide bonds. The zero-order valence-electron chi connectivity index (χ0n) is 18.4. The molecule has 0 saturated heterocycles. The van der Waals surface area contributed by atoms with Gasteiger partial charge in [0.1, 0.15) is 10.7 Å². The summed E-state index contributed by atoms with van der Waals surface area (Å²) < 4.78 is 5.39. The molecule has 0 aliphatic rings. The van der Waals surface area contributed by atoms with E-state index in [4.69, 9.17) is 16.3 Å². The number of nitrogens with zero attached hydrogens (tertiary/aromatic N) is 2. The average molecular weight is 503 g/mol. The first-order chi connectivity index (χ1) is 17.0. The Morgan fingerprint density at radius 2 is 1.86 bits per heavy atom. The van der Waals surface area contributed by atoms with Gasteiger partial charge in [0.15, 0.2) is 5.82 Å². The molecule has 35 heavy (non-hydrogen) atoms. The number of H-pyrrole nitrogens is 2. The number of aromatic nitrogens is 4. The number of halogens is 1. The van der Waals surface area contributed by atoms with E-state index in [1.54, 1.807) is 31.4 Å². The average Bonchev–Trinajstić information content (AvgIpc) is 3.49. The molecule has 0 aliphatic heterocycles. The molecule has 0 radical (unpaired) electrons. The highest BCUT2D eigenvalue weighted by Gasteiger charge is 2.19. The van der Waals surface area contributed by atoms with Crippen molar-refractivity contribution in [3.8, 4) is 28.4 Å². The smallest absolute Gasteiger partial charge is 0.342 e. The number of nitrogens with one attached hydrogen (secondary N) is 2. The van der Waals surface area contributed by atoms with Crippen molar-refractivity contribution in [1.82, 2.24) is 20.2 Å². The number of hydrogen-bond donors (Lipinski definition) is 3. The molecule has 0 fully saturated rings. The summed E-state index contributed by atoms with van der Waals surface area (Å²) in [4.78, 5) is 20.2. The molecule has 0 bridgehead atoms. The lowest BCUT2D eigenvalue weighted by Crippen LogP contribution is -1.97. The molecule has 0 spiro atoms. The number of carboxylic acids is 1. The normalized spacial score (nSPS) is 11.7. The first-order valence-corrected chi connectivity index (χ1v) is 11.8. The predicted octanol–water partition coefficient (Wildman–Crippen LogP) is 6.50. The molecule has 2 heterocycles. The van der Waals surface area contributed by atoms with E-state index in [0.29, 0.717) is 22.2 Å². The van der Waals surface area contributed by atoms with Crippen LogP contribution in [0.15, 0.2) is 82.9 Å². The number of aromatic amines is 2. The lowest BCUT2D eigenvalue weighted by molar-refractivity contribution is -0.131. The van der Waals surface area contributed by atoms with Crippen LogP contribution in [0.5, 0.6) is 5.75 Å². The van der Waals surface area contributed by atoms with Crippen LogP contribution in [0.25, 0.3) is 39.6 Å². The minimum absolute atomic E-state index is 0.0792. The Morgan fingerprint density at radius 3 is 2.63 bits per heavy atom. The molecular weight excluding hydrogens is 484 g/mol. The van der Waals surface area contributed by atoms with E-state index < -0.39 is 5.97 Å². The molecule has 5 rings (SSSR count). The van der Waals surface area contributed by atoms with Crippen LogP contribution < -0.4 is 4.74 Å². The largest absolute Gasteiger partial charge is 0.496 e. The summed E-state index contributed by atoms with van der Waals surface area (Å²) in [6.45, 7) is 0. The van der Waals surface area contributed by atoms with Crippen LogP contribution >= 0.6 is 23.4 Å². The van der Waals surface area contributed by atoms with Crippen LogP contribution in [0.4, 0.5) is 0 Å². The number of carboxylic acid groups (broad SMARTS) is 1. The Bertz CT molecular complexity index is 1560. The summed E-state index contributed by atoms with van der Waals surface area (Å²) in [6, 6.07) is 22.7. The maximum Gasteiger partial charge on any atom is 0.342 e. The second kappa shape index (κ2) is 9.69. The highest BCUT2D eigenvalue weighted by Crippen LogP contribution is 2.36. The highest BCUT2D eigenvalue weighted by atomic mass is 35.5. The van der Waals surface area contributed by atoms with Crippen LogP contribution in [-0.4, -0.2) is 38.4 Å². The minimum atomic E-state index is -1.08. The second-order valence-corrected chi connectivity index (χ2v) is 9.00. The predicted molar refractivity (Wildman–Crippen MR) is 139 cm³/mol. The Hall–Kier alpha value is -4.01. The van der Waals surface area contributed by atoms with Gasteiger partial charge in [-0.3, -0.25) is 5.10 Å². The number of carbonyl (C=O) groups is 1. The van der Waals surface area contributed by atoms with Gasteiger partial charge in [-0.05, 0) is 47.7 Å². The van der Waals surface area contributed by atoms with E-state index in [1.165, 1.54) is 0 Å². The summed E-state index contributed by atoms with van der Waals surface area (Å²) in [5, 5.41) is 18.8. The molecule has 174 valence electrons. The maximum atomic E-state index is 12.2. The van der Waals surface area contributed by atoms with Gasteiger partial charge in [0.05, 0.1) is 18.4 Å². The van der Waals surface area contributed by atoms with E-state index in [2.05, 4.69) is 20.2 Å². The number of aliphatic carboxylic acids is 1. The molecule has 3 N–H and O–H groups in total. The molecule has 5 aromatic rings. The van der Waals surface area contributed by atoms with Crippen LogP contribution in [0.2, 0.25) is 5.02 Å². The van der Waals surface area contributed by atoms with Crippen molar-refractivity contribution in [1.29, 1.82) is 0 Å². The summed E-state index contributed by atoms with van der Waals surface area (Å²) in [6.07, 6.45) is 1.66. The maximum absolute atomic E-state index is 12.2. The Morgan fingerprint density at radius 1 is 1.09 bits per heavy atom. The monoisotopic (exact) mass is 502 g/mol. The van der Waals surface area contributed by atoms with E-state index >= 15 is 0 Å². The molecule has 0 saturated carbocycles. The van der Waals surface area contributed by atoms with Gasteiger partial charge >= 0.3 is 5.97 Å². The SMILES string of the molecule is COc1ccc(Cl)cc1-c1nc(S/C(=C\c2c(-c3ccccc3)[nH]c3ccccc23)C(=O)O)n[nH]1. The standard InChI is InChI=1S/C26H19ClN4O3S/c1-34-21-12-11-16(27)13-19(21)24-29-26(31-30-24)35-22(25(32)33)14-18-17-9-5-6-10-20(17)28-23(18)15-7-3-2-4-8-15/h2-14,28H,1H3,(H,32,33)(H,29,30,31)/b22-14-. The lowest BCUT2D eigenvalue weighted by atomic mass is 10.0. The number of para-hydroxylation sites is 1. The third kappa shape index (κ3) is 4.66. The number of methoxy groups -OCH3 is 1. The molecule has 7 nitrogen and oxygen atoms in total. The first-order valence-electron chi connectivity index (χ1n) is 10.6. The zero-order valence-corrected chi connectivity index (χ0v) is 20.0. The summed E-state index contributed by atoms with van der Waals surface area (Å²) in [7, 11) is 1.55. The van der Waals surface area contributed by atoms with Gasteiger partial charge in [-0.2, -0.15) is 0 Å². The fourth-order valence-corrected chi connectivity index (χ4v) is 4.65. The topological polar surface area (TPSA) is 104 Å². The van der Waals surface area contributed by atoms with Gasteiger partial charge in [-0.25, -0.2) is 9.78 Å². The van der Waals surface area contributed by atoms with Crippen molar-refractivity contribution < 1.29 is 14.6 Å². The van der Waals surface area contributed by atoms with Crippen molar-refractivity contribution in [3.63, 3.8) is 0 Å². The minimum Gasteiger partial charge on any atom is -0.496 e. The summed E-state index contributed by atoms with van der Waals surface area (Å²) in [5.41, 5.74) is 4.12. The van der Waals surface area contributed by atoms with Gasteiger partial charge in [0.25, 0.3) is 0 Å². The van der Waals surface area contributed by atoms with Gasteiger partial charge in [0, 0.05) is 21.5 Å². The van der Waals surface area contributed by atoms with Gasteiger partial charge < -0.3 is 14.8 Å². The second-order valence-electron chi connectivity index (χ2n) is 7.55. The van der Waals surface area contributed by atoms with E-state index in [1.807, 2.05) is 54.6 Å². The van der Waals surface area contributed by atoms with Gasteiger partial charge in [-0.1, -0.05) is 60.1 Å². The van der Waals surface area contributed by atoms with Crippen molar-refractivity contribution in [2.75, 3.05) is 7.11 Å². The van der Waals surface area contributed by atoms with Crippen LogP contribution in [0.1, 0.15) is 5.56 Å². The molecule has 0 aliphatic carbocycles. The van der Waals surface area contributed by atoms with Crippen molar-refractivity contribution in [3.05, 3.63) is 88.3 Å². The third-order valence-corrected chi connectivity index (χ3v) is 6.49. The summed E-state index contributed by atoms with van der Waals surface area (Å²) in [5.74, 6) is -0.0815. The molecule has 0 unspecified atom stereocenters. The molecular formula is C26H19ClN4O3S. The molecule has 0 atom stereocenters. The Balaban J connectivity index is 1.55. The molecule has 9 heteroatoms. The quantitative estimate of drug-likeness (QED) is 0.173. The number of ether oxygens (including phenoxy) is 1. The van der Waals surface area contributed by atoms with Gasteiger partial charge in [-0.15, -0.1) is 5.10 Å². The highest BCUT2D eigenvalue weighted by molar-refractivity contribution is 8.04. The van der Waals surface area contributed by atoms with Gasteiger partial charge in [0.2, 0.25) is 5.16 Å². The van der Waals surface area contributed by atoms with Crippen molar-refractivity contribution in [2.45, 2.75) is 5.16 Å². The van der Waals surface area contributed by atoms with E-state index in [-0.39, 0.29) is 10.1 Å². The molecule has 3 aromatic carbocycles. The summed E-state index contributed by atoms with van der Waals surface area (Å²) >= 11 is 7.10. The zero-order chi connectivity index (χ0) is 24.4. The fraction of sp³-hybridized carbons (Fsp3) is 0.0385. The Labute approximate surface area is 209 Å². The van der Waals surface area contributed by atoms with Crippen LogP contribution in [-0.2, 0) is 4.79 Å². The van der Waals surface area contributed by atoms with Crippen LogP contribution in [0.3, 0.4) is 0 Å². The number of rotatable bonds is 7. The first kappa shape index (κ1) is 22.8. The number of fused-ring (bicyclic) bond motifs is 1. The number of benzene rings is 3. The van der Waals surface area contributed by atoms with Crippen molar-refractivity contribution >= 4 is 46.3 Å². The Kier molecular flexibility index (Phi) is 6.31. The number of hydrogen-bond acceptors (Lipinski definition) is 5. The fourth-order valence-electron chi connectivity index (χ4n) is 3.79. The van der Waals surface area contributed by atoms with Crippen molar-refractivity contribution in [2.24, 2.45) is 0 Å². The van der Waals surface area contributed by atoms with E-state index in [9.17, 15) is 9.90 Å². The van der Waals surface area contributed by atoms with E-state index in [0.717, 1.165) is 39.5 Å².